The van der Waals surface area contributed by atoms with Gasteiger partial charge in [-0.15, -0.1) is 0 Å². The first kappa shape index (κ1) is 10.3. The van der Waals surface area contributed by atoms with Gasteiger partial charge in [-0.05, 0) is 31.4 Å². The number of para-hydroxylation sites is 1. The lowest BCUT2D eigenvalue weighted by Crippen LogP contribution is -2.39. The Balaban J connectivity index is 2.13. The van der Waals surface area contributed by atoms with Gasteiger partial charge in [0, 0.05) is 6.04 Å². The molecule has 2 rings (SSSR count). The molecule has 1 amide bonds. The summed E-state index contributed by atoms with van der Waals surface area (Å²) in [5.74, 6) is -0.125. The maximum Gasteiger partial charge on any atom is 0.253 e. The molecule has 0 heterocycles. The van der Waals surface area contributed by atoms with Crippen molar-refractivity contribution in [2.75, 3.05) is 5.73 Å². The van der Waals surface area contributed by atoms with Gasteiger partial charge in [0.2, 0.25) is 0 Å². The number of benzene rings is 1. The molecule has 0 bridgehead atoms. The van der Waals surface area contributed by atoms with Gasteiger partial charge in [-0.2, -0.15) is 0 Å². The zero-order valence-electron chi connectivity index (χ0n) is 8.29. The molecule has 0 spiro atoms. The topological polar surface area (TPSA) is 55.1 Å². The third-order valence-electron chi connectivity index (χ3n) is 2.74. The minimum Gasteiger partial charge on any atom is -0.397 e. The van der Waals surface area contributed by atoms with Crippen LogP contribution in [0.5, 0.6) is 0 Å². The zero-order chi connectivity index (χ0) is 10.8. The number of amides is 1. The molecule has 3 N–H and O–H groups in total. The van der Waals surface area contributed by atoms with E-state index < -0.39 is 0 Å². The Hall–Kier alpha value is -1.22. The maximum absolute atomic E-state index is 11.8. The highest BCUT2D eigenvalue weighted by molar-refractivity contribution is 6.33. The van der Waals surface area contributed by atoms with E-state index in [9.17, 15) is 4.79 Å². The molecular weight excluding hydrogens is 212 g/mol. The Bertz CT molecular complexity index is 388. The van der Waals surface area contributed by atoms with Crippen LogP contribution in [0.2, 0.25) is 5.02 Å². The summed E-state index contributed by atoms with van der Waals surface area (Å²) in [6.07, 6.45) is 3.31. The largest absolute Gasteiger partial charge is 0.397 e. The average molecular weight is 225 g/mol. The summed E-state index contributed by atoms with van der Waals surface area (Å²) in [5.41, 5.74) is 6.55. The van der Waals surface area contributed by atoms with Gasteiger partial charge >= 0.3 is 0 Å². The van der Waals surface area contributed by atoms with E-state index in [4.69, 9.17) is 17.3 Å². The Morgan fingerprint density at radius 1 is 1.47 bits per heavy atom. The molecule has 1 saturated carbocycles. The van der Waals surface area contributed by atoms with Crippen LogP contribution in [0.4, 0.5) is 5.69 Å². The van der Waals surface area contributed by atoms with Crippen molar-refractivity contribution in [3.8, 4) is 0 Å². The van der Waals surface area contributed by atoms with E-state index in [1.165, 1.54) is 6.42 Å². The van der Waals surface area contributed by atoms with Crippen molar-refractivity contribution in [3.63, 3.8) is 0 Å². The van der Waals surface area contributed by atoms with E-state index in [1.54, 1.807) is 18.2 Å². The van der Waals surface area contributed by atoms with E-state index in [0.29, 0.717) is 22.3 Å². The lowest BCUT2D eigenvalue weighted by Gasteiger charge is -2.26. The molecule has 0 radical (unpaired) electrons. The first-order valence-electron chi connectivity index (χ1n) is 5.03. The molecule has 15 heavy (non-hydrogen) atoms. The van der Waals surface area contributed by atoms with Crippen LogP contribution in [0, 0.1) is 0 Å². The van der Waals surface area contributed by atoms with Crippen LogP contribution in [-0.4, -0.2) is 11.9 Å². The molecular formula is C11H13ClN2O. The standard InChI is InChI=1S/C11H13ClN2O/c12-9-6-2-5-8(10(9)13)11(15)14-7-3-1-4-7/h2,5-7H,1,3-4,13H2,(H,14,15). The van der Waals surface area contributed by atoms with Gasteiger partial charge < -0.3 is 11.1 Å². The highest BCUT2D eigenvalue weighted by Crippen LogP contribution is 2.24. The second kappa shape index (κ2) is 4.11. The fraction of sp³-hybridized carbons (Fsp3) is 0.364. The third-order valence-corrected chi connectivity index (χ3v) is 3.07. The van der Waals surface area contributed by atoms with Crippen molar-refractivity contribution in [1.29, 1.82) is 0 Å². The maximum atomic E-state index is 11.8. The normalized spacial score (nSPS) is 15.8. The monoisotopic (exact) mass is 224 g/mol. The summed E-state index contributed by atoms with van der Waals surface area (Å²) < 4.78 is 0. The van der Waals surface area contributed by atoms with Gasteiger partial charge in [-0.3, -0.25) is 4.79 Å². The molecule has 4 heteroatoms. The summed E-state index contributed by atoms with van der Waals surface area (Å²) in [4.78, 5) is 11.8. The third kappa shape index (κ3) is 2.07. The molecule has 1 aliphatic rings. The number of carbonyl (C=O) groups excluding carboxylic acids is 1. The Kier molecular flexibility index (Phi) is 2.82. The van der Waals surface area contributed by atoms with Crippen molar-refractivity contribution in [1.82, 2.24) is 5.32 Å². The second-order valence-corrected chi connectivity index (χ2v) is 4.21. The molecule has 1 aromatic rings. The van der Waals surface area contributed by atoms with Crippen LogP contribution >= 0.6 is 11.6 Å². The van der Waals surface area contributed by atoms with Crippen molar-refractivity contribution in [3.05, 3.63) is 28.8 Å². The van der Waals surface area contributed by atoms with E-state index in [0.717, 1.165) is 12.8 Å². The molecule has 0 saturated heterocycles. The lowest BCUT2D eigenvalue weighted by molar-refractivity contribution is 0.0918. The Morgan fingerprint density at radius 3 is 2.80 bits per heavy atom. The van der Waals surface area contributed by atoms with E-state index >= 15 is 0 Å². The quantitative estimate of drug-likeness (QED) is 0.757. The number of nitrogens with one attached hydrogen (secondary N) is 1. The molecule has 1 fully saturated rings. The lowest BCUT2D eigenvalue weighted by atomic mass is 9.93. The molecule has 0 aliphatic heterocycles. The van der Waals surface area contributed by atoms with Crippen LogP contribution in [0.3, 0.4) is 0 Å². The predicted octanol–water partition coefficient (Wildman–Crippen LogP) is 2.20. The summed E-state index contributed by atoms with van der Waals surface area (Å²) in [7, 11) is 0. The fourth-order valence-electron chi connectivity index (χ4n) is 1.55. The van der Waals surface area contributed by atoms with E-state index in [1.807, 2.05) is 0 Å². The molecule has 0 aromatic heterocycles. The van der Waals surface area contributed by atoms with Gasteiger partial charge in [0.05, 0.1) is 16.3 Å². The number of carbonyl (C=O) groups is 1. The van der Waals surface area contributed by atoms with Crippen molar-refractivity contribution in [2.45, 2.75) is 25.3 Å². The predicted molar refractivity (Wildman–Crippen MR) is 61.0 cm³/mol. The van der Waals surface area contributed by atoms with Crippen LogP contribution in [0.25, 0.3) is 0 Å². The Labute approximate surface area is 93.6 Å². The first-order chi connectivity index (χ1) is 7.18. The minimum atomic E-state index is -0.125. The molecule has 0 unspecified atom stereocenters. The number of halogens is 1. The highest BCUT2D eigenvalue weighted by Gasteiger charge is 2.21. The number of hydrogen-bond donors (Lipinski definition) is 2. The fourth-order valence-corrected chi connectivity index (χ4v) is 1.73. The number of rotatable bonds is 2. The molecule has 1 aromatic carbocycles. The average Bonchev–Trinajstić information content (AvgIpc) is 2.15. The summed E-state index contributed by atoms with van der Waals surface area (Å²) in [6.45, 7) is 0. The smallest absolute Gasteiger partial charge is 0.253 e. The second-order valence-electron chi connectivity index (χ2n) is 3.80. The van der Waals surface area contributed by atoms with Crippen LogP contribution in [0.1, 0.15) is 29.6 Å². The van der Waals surface area contributed by atoms with Crippen LogP contribution < -0.4 is 11.1 Å². The van der Waals surface area contributed by atoms with Gasteiger partial charge in [0.1, 0.15) is 0 Å². The number of nitrogens with two attached hydrogens (primary N) is 1. The highest BCUT2D eigenvalue weighted by atomic mass is 35.5. The molecule has 1 aliphatic carbocycles. The Morgan fingerprint density at radius 2 is 2.20 bits per heavy atom. The number of nitrogen functional groups attached to an aromatic ring is 1. The molecule has 80 valence electrons. The summed E-state index contributed by atoms with van der Waals surface area (Å²) in [5, 5.41) is 3.35. The first-order valence-corrected chi connectivity index (χ1v) is 5.41. The van der Waals surface area contributed by atoms with E-state index in [-0.39, 0.29) is 5.91 Å². The number of anilines is 1. The summed E-state index contributed by atoms with van der Waals surface area (Å²) in [6, 6.07) is 5.41. The molecule has 3 nitrogen and oxygen atoms in total. The van der Waals surface area contributed by atoms with Crippen LogP contribution in [-0.2, 0) is 0 Å². The van der Waals surface area contributed by atoms with Crippen molar-refractivity contribution in [2.24, 2.45) is 0 Å². The van der Waals surface area contributed by atoms with Crippen molar-refractivity contribution < 1.29 is 4.79 Å². The van der Waals surface area contributed by atoms with Gasteiger partial charge in [-0.1, -0.05) is 17.7 Å². The van der Waals surface area contributed by atoms with Crippen LogP contribution in [0.15, 0.2) is 18.2 Å². The van der Waals surface area contributed by atoms with Gasteiger partial charge in [0.25, 0.3) is 5.91 Å². The number of hydrogen-bond acceptors (Lipinski definition) is 2. The SMILES string of the molecule is Nc1c(Cl)cccc1C(=O)NC1CCC1. The zero-order valence-corrected chi connectivity index (χ0v) is 9.05. The van der Waals surface area contributed by atoms with Gasteiger partial charge in [0.15, 0.2) is 0 Å². The van der Waals surface area contributed by atoms with Crippen molar-refractivity contribution >= 4 is 23.2 Å². The summed E-state index contributed by atoms with van der Waals surface area (Å²) >= 11 is 5.84. The van der Waals surface area contributed by atoms with E-state index in [2.05, 4.69) is 5.32 Å². The van der Waals surface area contributed by atoms with Gasteiger partial charge in [-0.25, -0.2) is 0 Å². The minimum absolute atomic E-state index is 0.125. The molecule has 0 atom stereocenters.